The summed E-state index contributed by atoms with van der Waals surface area (Å²) in [5, 5.41) is 0.473. The second-order valence-corrected chi connectivity index (χ2v) is 5.38. The minimum absolute atomic E-state index is 0.0112. The van der Waals surface area contributed by atoms with Crippen LogP contribution in [0.1, 0.15) is 33.6 Å². The predicted octanol–water partition coefficient (Wildman–Crippen LogP) is 2.27. The van der Waals surface area contributed by atoms with E-state index in [9.17, 15) is 9.59 Å². The molecular weight excluding hydrogens is 184 g/mol. The van der Waals surface area contributed by atoms with E-state index >= 15 is 0 Å². The number of Topliss-reactive ketones (excluding diaryl/α,β-unsaturated/α-hetero) is 1. The fraction of sp³-hybridized carbons (Fsp3) is 0.800. The van der Waals surface area contributed by atoms with Crippen molar-refractivity contribution in [3.8, 4) is 0 Å². The van der Waals surface area contributed by atoms with Gasteiger partial charge in [0, 0.05) is 11.2 Å². The lowest BCUT2D eigenvalue weighted by molar-refractivity contribution is -0.131. The van der Waals surface area contributed by atoms with E-state index in [0.29, 0.717) is 5.25 Å². The zero-order valence-electron chi connectivity index (χ0n) is 8.37. The van der Waals surface area contributed by atoms with E-state index in [1.807, 2.05) is 20.8 Å². The molecule has 3 heteroatoms. The zero-order valence-corrected chi connectivity index (χ0v) is 9.19. The van der Waals surface area contributed by atoms with Gasteiger partial charge in [0.05, 0.1) is 5.92 Å². The number of ketones is 1. The lowest BCUT2D eigenvalue weighted by Gasteiger charge is -2.24. The van der Waals surface area contributed by atoms with Crippen LogP contribution in [0.25, 0.3) is 0 Å². The van der Waals surface area contributed by atoms with E-state index in [1.165, 1.54) is 11.8 Å². The van der Waals surface area contributed by atoms with Crippen LogP contribution in [0.15, 0.2) is 0 Å². The summed E-state index contributed by atoms with van der Waals surface area (Å²) in [6.45, 7) is 5.76. The number of carbonyl (C=O) groups is 2. The highest BCUT2D eigenvalue weighted by Gasteiger charge is 2.33. The molecule has 1 aliphatic heterocycles. The first-order chi connectivity index (χ1) is 6.02. The van der Waals surface area contributed by atoms with Gasteiger partial charge in [-0.2, -0.15) is 0 Å². The van der Waals surface area contributed by atoms with Crippen molar-refractivity contribution in [3.63, 3.8) is 0 Å². The molecular formula is C10H16O2S. The molecule has 0 saturated carbocycles. The lowest BCUT2D eigenvalue weighted by Crippen LogP contribution is -2.30. The van der Waals surface area contributed by atoms with E-state index in [-0.39, 0.29) is 22.7 Å². The third kappa shape index (κ3) is 2.56. The van der Waals surface area contributed by atoms with Crippen LogP contribution < -0.4 is 0 Å². The van der Waals surface area contributed by atoms with E-state index in [2.05, 4.69) is 0 Å². The van der Waals surface area contributed by atoms with Crippen molar-refractivity contribution in [2.75, 3.05) is 0 Å². The lowest BCUT2D eigenvalue weighted by atomic mass is 9.91. The Kier molecular flexibility index (Phi) is 3.54. The molecule has 2 unspecified atom stereocenters. The summed E-state index contributed by atoms with van der Waals surface area (Å²) in [7, 11) is 0. The Labute approximate surface area is 83.5 Å². The maximum Gasteiger partial charge on any atom is 0.199 e. The van der Waals surface area contributed by atoms with Gasteiger partial charge in [0.2, 0.25) is 0 Å². The van der Waals surface area contributed by atoms with Crippen LogP contribution in [0.4, 0.5) is 0 Å². The molecule has 1 fully saturated rings. The Morgan fingerprint density at radius 3 is 2.54 bits per heavy atom. The molecule has 0 amide bonds. The summed E-state index contributed by atoms with van der Waals surface area (Å²) >= 11 is 1.34. The van der Waals surface area contributed by atoms with Gasteiger partial charge in [-0.1, -0.05) is 32.5 Å². The van der Waals surface area contributed by atoms with E-state index in [0.717, 1.165) is 12.8 Å². The Hall–Kier alpha value is -0.310. The minimum Gasteiger partial charge on any atom is -0.299 e. The predicted molar refractivity (Wildman–Crippen MR) is 54.6 cm³/mol. The molecule has 0 radical (unpaired) electrons. The highest BCUT2D eigenvalue weighted by atomic mass is 32.2. The molecule has 0 aromatic rings. The Balaban J connectivity index is 2.61. The van der Waals surface area contributed by atoms with E-state index in [1.54, 1.807) is 0 Å². The maximum atomic E-state index is 11.6. The normalized spacial score (nSPS) is 29.4. The van der Waals surface area contributed by atoms with E-state index in [4.69, 9.17) is 0 Å². The van der Waals surface area contributed by atoms with Gasteiger partial charge < -0.3 is 0 Å². The first-order valence-corrected chi connectivity index (χ1v) is 5.64. The Bertz CT molecular complexity index is 223. The fourth-order valence-corrected chi connectivity index (χ4v) is 2.57. The van der Waals surface area contributed by atoms with Crippen LogP contribution in [0.3, 0.4) is 0 Å². The van der Waals surface area contributed by atoms with Gasteiger partial charge >= 0.3 is 0 Å². The van der Waals surface area contributed by atoms with Gasteiger partial charge in [-0.15, -0.1) is 0 Å². The fourth-order valence-electron chi connectivity index (χ4n) is 1.52. The number of rotatable bonds is 2. The molecule has 2 atom stereocenters. The molecule has 1 saturated heterocycles. The third-order valence-corrected chi connectivity index (χ3v) is 3.53. The van der Waals surface area contributed by atoms with Gasteiger partial charge in [-0.25, -0.2) is 0 Å². The number of hydrogen-bond acceptors (Lipinski definition) is 3. The minimum atomic E-state index is -0.318. The van der Waals surface area contributed by atoms with E-state index < -0.39 is 0 Å². The highest BCUT2D eigenvalue weighted by Crippen LogP contribution is 2.32. The third-order valence-electron chi connectivity index (χ3n) is 2.38. The van der Waals surface area contributed by atoms with Crippen LogP contribution in [-0.4, -0.2) is 16.1 Å². The maximum absolute atomic E-state index is 11.6. The molecule has 13 heavy (non-hydrogen) atoms. The zero-order chi connectivity index (χ0) is 10.0. The molecule has 2 nitrogen and oxygen atoms in total. The summed E-state index contributed by atoms with van der Waals surface area (Å²) in [4.78, 5) is 23.1. The number of hydrogen-bond donors (Lipinski definition) is 0. The van der Waals surface area contributed by atoms with Crippen LogP contribution >= 0.6 is 11.8 Å². The summed E-state index contributed by atoms with van der Waals surface area (Å²) in [5.74, 6) is -0.214. The second-order valence-electron chi connectivity index (χ2n) is 3.93. The SMILES string of the molecule is CC1CCC(C(=O)C(C)C)C(=O)S1. The van der Waals surface area contributed by atoms with Crippen LogP contribution in [0.5, 0.6) is 0 Å². The summed E-state index contributed by atoms with van der Waals surface area (Å²) in [5.41, 5.74) is 0. The number of carbonyl (C=O) groups excluding carboxylic acids is 2. The quantitative estimate of drug-likeness (QED) is 0.641. The van der Waals surface area contributed by atoms with Crippen molar-refractivity contribution >= 4 is 22.7 Å². The summed E-state index contributed by atoms with van der Waals surface area (Å²) in [6.07, 6.45) is 1.74. The largest absolute Gasteiger partial charge is 0.299 e. The van der Waals surface area contributed by atoms with Crippen molar-refractivity contribution in [3.05, 3.63) is 0 Å². The smallest absolute Gasteiger partial charge is 0.199 e. The van der Waals surface area contributed by atoms with Crippen LogP contribution in [0.2, 0.25) is 0 Å². The van der Waals surface area contributed by atoms with Gasteiger partial charge in [-0.05, 0) is 12.8 Å². The molecule has 0 aliphatic carbocycles. The molecule has 0 aromatic heterocycles. The van der Waals surface area contributed by atoms with Crippen molar-refractivity contribution in [2.45, 2.75) is 38.9 Å². The van der Waals surface area contributed by atoms with Gasteiger partial charge in [0.25, 0.3) is 0 Å². The summed E-state index contributed by atoms with van der Waals surface area (Å²) < 4.78 is 0. The van der Waals surface area contributed by atoms with Crippen molar-refractivity contribution < 1.29 is 9.59 Å². The molecule has 74 valence electrons. The second kappa shape index (κ2) is 4.27. The standard InChI is InChI=1S/C10H16O2S/c1-6(2)9(11)8-5-4-7(3)13-10(8)12/h6-8H,4-5H2,1-3H3. The first-order valence-electron chi connectivity index (χ1n) is 4.76. The van der Waals surface area contributed by atoms with Crippen LogP contribution in [-0.2, 0) is 9.59 Å². The average molecular weight is 200 g/mol. The topological polar surface area (TPSA) is 34.1 Å². The van der Waals surface area contributed by atoms with Crippen LogP contribution in [0, 0.1) is 11.8 Å². The Morgan fingerprint density at radius 2 is 2.08 bits per heavy atom. The molecule has 0 N–H and O–H groups in total. The van der Waals surface area contributed by atoms with Gasteiger partial charge in [0.15, 0.2) is 5.12 Å². The highest BCUT2D eigenvalue weighted by molar-refractivity contribution is 8.14. The average Bonchev–Trinajstić information content (AvgIpc) is 2.03. The molecule has 0 spiro atoms. The van der Waals surface area contributed by atoms with Crippen molar-refractivity contribution in [2.24, 2.45) is 11.8 Å². The molecule has 1 rings (SSSR count). The Morgan fingerprint density at radius 1 is 1.46 bits per heavy atom. The number of thioether (sulfide) groups is 1. The van der Waals surface area contributed by atoms with Gasteiger partial charge in [-0.3, -0.25) is 9.59 Å². The molecule has 1 aliphatic rings. The van der Waals surface area contributed by atoms with Crippen molar-refractivity contribution in [1.29, 1.82) is 0 Å². The molecule has 1 heterocycles. The monoisotopic (exact) mass is 200 g/mol. The molecule has 0 aromatic carbocycles. The van der Waals surface area contributed by atoms with Crippen molar-refractivity contribution in [1.82, 2.24) is 0 Å². The first kappa shape index (κ1) is 10.8. The summed E-state index contributed by atoms with van der Waals surface area (Å²) in [6, 6.07) is 0. The molecule has 0 bridgehead atoms. The van der Waals surface area contributed by atoms with Gasteiger partial charge in [0.1, 0.15) is 5.78 Å².